The molecular formula is C18H20N2O5S. The Morgan fingerprint density at radius 3 is 2.81 bits per heavy atom. The molecule has 0 saturated heterocycles. The average molecular weight is 376 g/mol. The van der Waals surface area contributed by atoms with Crippen LogP contribution >= 0.6 is 11.3 Å². The van der Waals surface area contributed by atoms with Gasteiger partial charge in [-0.15, -0.1) is 11.3 Å². The number of ether oxygens (including phenoxy) is 1. The number of aromatic hydroxyl groups is 1. The normalized spacial score (nSPS) is 14.8. The van der Waals surface area contributed by atoms with Gasteiger partial charge in [0.25, 0.3) is 0 Å². The first-order valence-corrected chi connectivity index (χ1v) is 9.07. The van der Waals surface area contributed by atoms with Gasteiger partial charge in [0.1, 0.15) is 17.2 Å². The third-order valence-electron chi connectivity index (χ3n) is 4.17. The first kappa shape index (κ1) is 18.1. The molecule has 1 aliphatic carbocycles. The summed E-state index contributed by atoms with van der Waals surface area (Å²) in [6.07, 6.45) is 1.07. The fourth-order valence-electron chi connectivity index (χ4n) is 2.71. The van der Waals surface area contributed by atoms with Gasteiger partial charge in [0.2, 0.25) is 0 Å². The second-order valence-electron chi connectivity index (χ2n) is 5.95. The molecule has 0 amide bonds. The zero-order chi connectivity index (χ0) is 18.8. The number of nitrogens with one attached hydrogen (secondary N) is 2. The van der Waals surface area contributed by atoms with E-state index in [0.29, 0.717) is 11.4 Å². The van der Waals surface area contributed by atoms with Crippen LogP contribution in [0.2, 0.25) is 0 Å². The Bertz CT molecular complexity index is 880. The molecule has 1 atom stereocenters. The lowest BCUT2D eigenvalue weighted by Gasteiger charge is -2.27. The molecule has 0 unspecified atom stereocenters. The highest BCUT2D eigenvalue weighted by Crippen LogP contribution is 2.37. The molecule has 8 heteroatoms. The molecule has 0 saturated carbocycles. The summed E-state index contributed by atoms with van der Waals surface area (Å²) >= 11 is 1.05. The molecule has 138 valence electrons. The van der Waals surface area contributed by atoms with E-state index in [2.05, 4.69) is 15.4 Å². The van der Waals surface area contributed by atoms with Crippen LogP contribution in [0.1, 0.15) is 47.0 Å². The van der Waals surface area contributed by atoms with Gasteiger partial charge in [-0.05, 0) is 25.5 Å². The summed E-state index contributed by atoms with van der Waals surface area (Å²) in [5, 5.41) is 18.0. The Morgan fingerprint density at radius 1 is 1.46 bits per heavy atom. The summed E-state index contributed by atoms with van der Waals surface area (Å²) in [5.74, 6) is 0.732. The lowest BCUT2D eigenvalue weighted by Crippen LogP contribution is -2.34. The van der Waals surface area contributed by atoms with Crippen LogP contribution in [0, 0.1) is 6.92 Å². The average Bonchev–Trinajstić information content (AvgIpc) is 3.21. The van der Waals surface area contributed by atoms with Gasteiger partial charge >= 0.3 is 5.97 Å². The van der Waals surface area contributed by atoms with Crippen LogP contribution < -0.4 is 10.6 Å². The molecule has 0 bridgehead atoms. The molecule has 0 aromatic carbocycles. The Balaban J connectivity index is 1.79. The molecule has 0 radical (unpaired) electrons. The second-order valence-corrected chi connectivity index (χ2v) is 6.83. The number of hydrogen-bond acceptors (Lipinski definition) is 8. The van der Waals surface area contributed by atoms with Crippen LogP contribution in [-0.2, 0) is 9.53 Å². The first-order valence-electron chi connectivity index (χ1n) is 8.19. The number of allylic oxidation sites excluding steroid dienone is 2. The standard InChI is InChI=1S/C18H20N2O5S/c1-4-10(14-6-5-9(2)25-14)19-11-7-13(21)15(11)20-12-8-26-17(16(12)22)18(23)24-3/h5-6,8,10,19-20,22H,4,7H2,1-3H3/t10-/m1/s1. The van der Waals surface area contributed by atoms with E-state index in [-0.39, 0.29) is 28.9 Å². The molecule has 3 rings (SSSR count). The molecule has 1 aliphatic rings. The van der Waals surface area contributed by atoms with Crippen molar-refractivity contribution < 1.29 is 23.8 Å². The van der Waals surface area contributed by atoms with E-state index in [1.165, 1.54) is 7.11 Å². The predicted molar refractivity (Wildman–Crippen MR) is 97.2 cm³/mol. The van der Waals surface area contributed by atoms with E-state index in [1.807, 2.05) is 26.0 Å². The summed E-state index contributed by atoms with van der Waals surface area (Å²) in [6, 6.07) is 3.76. The maximum Gasteiger partial charge on any atom is 0.351 e. The minimum Gasteiger partial charge on any atom is -0.504 e. The van der Waals surface area contributed by atoms with Crippen LogP contribution in [0.5, 0.6) is 5.75 Å². The number of ketones is 1. The SMILES string of the molecule is CC[C@@H](NC1=C(Nc2csc(C(=O)OC)c2O)C(=O)C1)c1ccc(C)o1. The van der Waals surface area contributed by atoms with Crippen molar-refractivity contribution in [2.24, 2.45) is 0 Å². The molecule has 0 spiro atoms. The number of thiophene rings is 1. The smallest absolute Gasteiger partial charge is 0.351 e. The lowest BCUT2D eigenvalue weighted by atomic mass is 9.97. The first-order chi connectivity index (χ1) is 12.4. The van der Waals surface area contributed by atoms with Crippen LogP contribution in [0.3, 0.4) is 0 Å². The molecule has 3 N–H and O–H groups in total. The number of hydrogen-bond donors (Lipinski definition) is 3. The van der Waals surface area contributed by atoms with E-state index < -0.39 is 5.97 Å². The highest BCUT2D eigenvalue weighted by molar-refractivity contribution is 7.13. The van der Waals surface area contributed by atoms with Gasteiger partial charge in [0.15, 0.2) is 16.4 Å². The number of carbonyl (C=O) groups excluding carboxylic acids is 2. The Morgan fingerprint density at radius 2 is 2.23 bits per heavy atom. The molecule has 0 aliphatic heterocycles. The maximum absolute atomic E-state index is 12.0. The zero-order valence-corrected chi connectivity index (χ0v) is 15.5. The number of Topliss-reactive ketones (excluding diaryl/α,β-unsaturated/α-hetero) is 1. The van der Waals surface area contributed by atoms with Gasteiger partial charge in [-0.2, -0.15) is 0 Å². The van der Waals surface area contributed by atoms with Crippen LogP contribution in [0.4, 0.5) is 5.69 Å². The summed E-state index contributed by atoms with van der Waals surface area (Å²) in [5.41, 5.74) is 1.44. The van der Waals surface area contributed by atoms with Crippen molar-refractivity contribution in [2.75, 3.05) is 12.4 Å². The molecule has 2 heterocycles. The molecule has 26 heavy (non-hydrogen) atoms. The van der Waals surface area contributed by atoms with Gasteiger partial charge in [-0.1, -0.05) is 6.92 Å². The van der Waals surface area contributed by atoms with Gasteiger partial charge in [-0.25, -0.2) is 4.79 Å². The number of carbonyl (C=O) groups is 2. The fraction of sp³-hybridized carbons (Fsp3) is 0.333. The number of esters is 1. The monoisotopic (exact) mass is 376 g/mol. The summed E-state index contributed by atoms with van der Waals surface area (Å²) < 4.78 is 10.3. The number of rotatable bonds is 7. The van der Waals surface area contributed by atoms with Crippen molar-refractivity contribution in [1.82, 2.24) is 5.32 Å². The minimum atomic E-state index is -0.618. The zero-order valence-electron chi connectivity index (χ0n) is 14.7. The number of furan rings is 1. The number of aryl methyl sites for hydroxylation is 1. The van der Waals surface area contributed by atoms with Gasteiger partial charge in [0, 0.05) is 11.1 Å². The van der Waals surface area contributed by atoms with Crippen LogP contribution in [-0.4, -0.2) is 24.0 Å². The van der Waals surface area contributed by atoms with Gasteiger partial charge in [-0.3, -0.25) is 4.79 Å². The van der Waals surface area contributed by atoms with Crippen LogP contribution in [0.25, 0.3) is 0 Å². The topological polar surface area (TPSA) is 101 Å². The largest absolute Gasteiger partial charge is 0.504 e. The summed E-state index contributed by atoms with van der Waals surface area (Å²) in [4.78, 5) is 23.7. The highest BCUT2D eigenvalue weighted by Gasteiger charge is 2.31. The molecule has 2 aromatic heterocycles. The van der Waals surface area contributed by atoms with Crippen LogP contribution in [0.15, 0.2) is 33.3 Å². The summed E-state index contributed by atoms with van der Waals surface area (Å²) in [7, 11) is 1.25. The van der Waals surface area contributed by atoms with E-state index >= 15 is 0 Å². The maximum atomic E-state index is 12.0. The molecular weight excluding hydrogens is 356 g/mol. The van der Waals surface area contributed by atoms with E-state index in [0.717, 1.165) is 35.0 Å². The van der Waals surface area contributed by atoms with E-state index in [1.54, 1.807) is 5.38 Å². The Kier molecular flexibility index (Phi) is 5.03. The second kappa shape index (κ2) is 7.25. The Hall–Kier alpha value is -2.74. The van der Waals surface area contributed by atoms with Gasteiger partial charge < -0.3 is 24.9 Å². The van der Waals surface area contributed by atoms with Gasteiger partial charge in [0.05, 0.1) is 25.3 Å². The van der Waals surface area contributed by atoms with Crippen molar-refractivity contribution >= 4 is 28.8 Å². The number of methoxy groups -OCH3 is 1. The van der Waals surface area contributed by atoms with Crippen molar-refractivity contribution in [3.05, 3.63) is 45.3 Å². The van der Waals surface area contributed by atoms with Crippen molar-refractivity contribution in [3.8, 4) is 5.75 Å². The number of anilines is 1. The molecule has 0 fully saturated rings. The van der Waals surface area contributed by atoms with E-state index in [4.69, 9.17) is 4.42 Å². The highest BCUT2D eigenvalue weighted by atomic mass is 32.1. The quantitative estimate of drug-likeness (QED) is 0.636. The van der Waals surface area contributed by atoms with Crippen molar-refractivity contribution in [1.29, 1.82) is 0 Å². The molecule has 2 aromatic rings. The third-order valence-corrected chi connectivity index (χ3v) is 5.12. The summed E-state index contributed by atoms with van der Waals surface area (Å²) in [6.45, 7) is 3.91. The lowest BCUT2D eigenvalue weighted by molar-refractivity contribution is -0.116. The predicted octanol–water partition coefficient (Wildman–Crippen LogP) is 3.48. The fourth-order valence-corrected chi connectivity index (χ4v) is 3.51. The minimum absolute atomic E-state index is 0.0506. The van der Waals surface area contributed by atoms with Crippen molar-refractivity contribution in [2.45, 2.75) is 32.7 Å². The molecule has 7 nitrogen and oxygen atoms in total. The Labute approximate surface area is 154 Å². The third kappa shape index (κ3) is 3.32. The van der Waals surface area contributed by atoms with Crippen molar-refractivity contribution in [3.63, 3.8) is 0 Å². The van der Waals surface area contributed by atoms with E-state index in [9.17, 15) is 14.7 Å².